The molecular formula is C19H18BrNO. The molecule has 0 saturated heterocycles. The molecule has 0 unspecified atom stereocenters. The first-order valence-electron chi connectivity index (χ1n) is 7.61. The van der Waals surface area contributed by atoms with Gasteiger partial charge in [0, 0.05) is 21.4 Å². The van der Waals surface area contributed by atoms with Crippen LogP contribution in [-0.2, 0) is 12.8 Å². The number of hydrogen-bond acceptors (Lipinski definition) is 2. The van der Waals surface area contributed by atoms with Crippen molar-refractivity contribution in [3.05, 3.63) is 69.0 Å². The van der Waals surface area contributed by atoms with E-state index in [1.54, 1.807) is 6.08 Å². The molecule has 2 aromatic rings. The number of rotatable bonds is 3. The third kappa shape index (κ3) is 3.36. The molecule has 1 aromatic heterocycles. The van der Waals surface area contributed by atoms with Crippen LogP contribution in [0, 0.1) is 6.92 Å². The van der Waals surface area contributed by atoms with Crippen LogP contribution in [-0.4, -0.2) is 10.8 Å². The minimum Gasteiger partial charge on any atom is -0.289 e. The van der Waals surface area contributed by atoms with Crippen LogP contribution in [0.25, 0.3) is 6.08 Å². The number of ketones is 1. The number of aromatic nitrogens is 1. The van der Waals surface area contributed by atoms with Gasteiger partial charge in [-0.05, 0) is 68.0 Å². The van der Waals surface area contributed by atoms with E-state index in [0.717, 1.165) is 34.1 Å². The summed E-state index contributed by atoms with van der Waals surface area (Å²) in [6.07, 6.45) is 7.98. The Balaban J connectivity index is 1.84. The lowest BCUT2D eigenvalue weighted by molar-refractivity contribution is 0.104. The second kappa shape index (κ2) is 6.57. The zero-order valence-corrected chi connectivity index (χ0v) is 14.2. The number of allylic oxidation sites excluding steroid dienone is 1. The van der Waals surface area contributed by atoms with Gasteiger partial charge in [0.15, 0.2) is 5.78 Å². The van der Waals surface area contributed by atoms with Crippen molar-refractivity contribution in [3.8, 4) is 0 Å². The maximum Gasteiger partial charge on any atom is 0.187 e. The molecule has 0 amide bonds. The van der Waals surface area contributed by atoms with Crippen molar-refractivity contribution in [2.45, 2.75) is 32.6 Å². The number of aryl methyl sites for hydroxylation is 3. The first-order valence-corrected chi connectivity index (χ1v) is 8.40. The fourth-order valence-corrected chi connectivity index (χ4v) is 3.09. The van der Waals surface area contributed by atoms with Crippen molar-refractivity contribution in [1.29, 1.82) is 0 Å². The topological polar surface area (TPSA) is 30.0 Å². The van der Waals surface area contributed by atoms with Crippen molar-refractivity contribution in [2.75, 3.05) is 0 Å². The second-order valence-electron chi connectivity index (χ2n) is 5.68. The molecule has 22 heavy (non-hydrogen) atoms. The van der Waals surface area contributed by atoms with Gasteiger partial charge in [-0.2, -0.15) is 0 Å². The smallest absolute Gasteiger partial charge is 0.187 e. The third-order valence-corrected chi connectivity index (χ3v) is 4.58. The van der Waals surface area contributed by atoms with Crippen LogP contribution in [0.1, 0.15) is 45.7 Å². The van der Waals surface area contributed by atoms with Gasteiger partial charge in [0.2, 0.25) is 0 Å². The highest BCUT2D eigenvalue weighted by molar-refractivity contribution is 9.10. The summed E-state index contributed by atoms with van der Waals surface area (Å²) < 4.78 is 1.03. The fraction of sp³-hybridized carbons (Fsp3) is 0.263. The number of nitrogens with zero attached hydrogens (tertiary/aromatic N) is 1. The molecule has 0 radical (unpaired) electrons. The number of pyridine rings is 1. The molecule has 1 aromatic carbocycles. The summed E-state index contributed by atoms with van der Waals surface area (Å²) in [5.41, 5.74) is 5.01. The van der Waals surface area contributed by atoms with E-state index in [1.807, 2.05) is 43.3 Å². The predicted octanol–water partition coefficient (Wildman–Crippen LogP) is 4.93. The quantitative estimate of drug-likeness (QED) is 0.577. The lowest BCUT2D eigenvalue weighted by Crippen LogP contribution is -2.10. The Morgan fingerprint density at radius 1 is 1.18 bits per heavy atom. The van der Waals surface area contributed by atoms with Gasteiger partial charge >= 0.3 is 0 Å². The van der Waals surface area contributed by atoms with E-state index in [4.69, 9.17) is 0 Å². The highest BCUT2D eigenvalue weighted by Gasteiger charge is 2.15. The van der Waals surface area contributed by atoms with Crippen molar-refractivity contribution >= 4 is 27.8 Å². The van der Waals surface area contributed by atoms with Gasteiger partial charge < -0.3 is 0 Å². The maximum atomic E-state index is 12.5. The van der Waals surface area contributed by atoms with Crippen LogP contribution in [0.15, 0.2) is 40.9 Å². The van der Waals surface area contributed by atoms with Crippen molar-refractivity contribution < 1.29 is 4.79 Å². The molecule has 2 nitrogen and oxygen atoms in total. The molecule has 0 spiro atoms. The molecule has 3 rings (SSSR count). The highest BCUT2D eigenvalue weighted by Crippen LogP contribution is 2.22. The number of carbonyl (C=O) groups is 1. The van der Waals surface area contributed by atoms with Gasteiger partial charge in [0.05, 0.1) is 0 Å². The predicted molar refractivity (Wildman–Crippen MR) is 93.1 cm³/mol. The van der Waals surface area contributed by atoms with Crippen LogP contribution >= 0.6 is 15.9 Å². The molecule has 0 aliphatic heterocycles. The normalized spacial score (nSPS) is 14.1. The Morgan fingerprint density at radius 3 is 2.68 bits per heavy atom. The average Bonchev–Trinajstić information content (AvgIpc) is 2.53. The van der Waals surface area contributed by atoms with E-state index in [2.05, 4.69) is 20.9 Å². The van der Waals surface area contributed by atoms with Crippen molar-refractivity contribution in [3.63, 3.8) is 0 Å². The summed E-state index contributed by atoms with van der Waals surface area (Å²) in [6.45, 7) is 1.93. The molecule has 0 atom stereocenters. The minimum absolute atomic E-state index is 0.0290. The Morgan fingerprint density at radius 2 is 1.91 bits per heavy atom. The van der Waals surface area contributed by atoms with E-state index in [9.17, 15) is 4.79 Å². The molecule has 1 aliphatic rings. The number of halogens is 1. The van der Waals surface area contributed by atoms with Gasteiger partial charge in [0.25, 0.3) is 0 Å². The summed E-state index contributed by atoms with van der Waals surface area (Å²) in [7, 11) is 0. The van der Waals surface area contributed by atoms with Crippen LogP contribution in [0.3, 0.4) is 0 Å². The monoisotopic (exact) mass is 355 g/mol. The van der Waals surface area contributed by atoms with Gasteiger partial charge in [-0.15, -0.1) is 0 Å². The third-order valence-electron chi connectivity index (χ3n) is 4.05. The van der Waals surface area contributed by atoms with Crippen molar-refractivity contribution in [1.82, 2.24) is 4.98 Å². The van der Waals surface area contributed by atoms with Gasteiger partial charge in [-0.25, -0.2) is 0 Å². The summed E-state index contributed by atoms with van der Waals surface area (Å²) >= 11 is 3.41. The van der Waals surface area contributed by atoms with Crippen LogP contribution < -0.4 is 0 Å². The summed E-state index contributed by atoms with van der Waals surface area (Å²) in [5.74, 6) is 0.0290. The van der Waals surface area contributed by atoms with Gasteiger partial charge in [0.1, 0.15) is 0 Å². The Bertz CT molecular complexity index is 732. The summed E-state index contributed by atoms with van der Waals surface area (Å²) in [5, 5.41) is 0. The van der Waals surface area contributed by atoms with E-state index in [-0.39, 0.29) is 5.78 Å². The van der Waals surface area contributed by atoms with Crippen molar-refractivity contribution in [2.24, 2.45) is 0 Å². The molecule has 1 aliphatic carbocycles. The van der Waals surface area contributed by atoms with Crippen LogP contribution in [0.4, 0.5) is 0 Å². The molecule has 0 N–H and O–H groups in total. The molecule has 0 saturated carbocycles. The minimum atomic E-state index is 0.0290. The van der Waals surface area contributed by atoms with E-state index < -0.39 is 0 Å². The van der Waals surface area contributed by atoms with Crippen LogP contribution in [0.5, 0.6) is 0 Å². The lowest BCUT2D eigenvalue weighted by atomic mass is 9.93. The average molecular weight is 356 g/mol. The lowest BCUT2D eigenvalue weighted by Gasteiger charge is -2.16. The fourth-order valence-electron chi connectivity index (χ4n) is 2.82. The van der Waals surface area contributed by atoms with Crippen LogP contribution in [0.2, 0.25) is 0 Å². The van der Waals surface area contributed by atoms with Gasteiger partial charge in [-0.3, -0.25) is 9.78 Å². The van der Waals surface area contributed by atoms with E-state index >= 15 is 0 Å². The zero-order chi connectivity index (χ0) is 15.5. The highest BCUT2D eigenvalue weighted by atomic mass is 79.9. The Hall–Kier alpha value is -1.74. The first kappa shape index (κ1) is 15.2. The summed E-state index contributed by atoms with van der Waals surface area (Å²) in [6, 6.07) is 9.94. The maximum absolute atomic E-state index is 12.5. The number of carbonyl (C=O) groups excluding carboxylic acids is 1. The number of fused-ring (bicyclic) bond motifs is 1. The zero-order valence-electron chi connectivity index (χ0n) is 12.6. The standard InChI is InChI=1S/C19H18BrNO/c1-13-17(12-15-4-2-3-5-18(15)21-13)19(22)11-8-14-6-9-16(20)10-7-14/h6-12H,2-5H2,1H3. The molecule has 3 heteroatoms. The van der Waals surface area contributed by atoms with Gasteiger partial charge in [-0.1, -0.05) is 34.1 Å². The SMILES string of the molecule is Cc1nc2c(cc1C(=O)C=Cc1ccc(Br)cc1)CCCC2. The molecule has 112 valence electrons. The van der Waals surface area contributed by atoms with E-state index in [1.165, 1.54) is 24.1 Å². The largest absolute Gasteiger partial charge is 0.289 e. The molecular weight excluding hydrogens is 338 g/mol. The molecule has 1 heterocycles. The first-order chi connectivity index (χ1) is 10.6. The Kier molecular flexibility index (Phi) is 4.53. The molecule has 0 fully saturated rings. The molecule has 0 bridgehead atoms. The number of benzene rings is 1. The second-order valence-corrected chi connectivity index (χ2v) is 6.60. The summed E-state index contributed by atoms with van der Waals surface area (Å²) in [4.78, 5) is 17.1. The number of hydrogen-bond donors (Lipinski definition) is 0. The van der Waals surface area contributed by atoms with E-state index in [0.29, 0.717) is 0 Å². The Labute approximate surface area is 139 Å².